The molecule has 1 saturated carbocycles. The van der Waals surface area contributed by atoms with Crippen molar-refractivity contribution in [3.63, 3.8) is 0 Å². The van der Waals surface area contributed by atoms with Crippen molar-refractivity contribution < 1.29 is 21.6 Å². The second-order valence-corrected chi connectivity index (χ2v) is 10.1. The summed E-state index contributed by atoms with van der Waals surface area (Å²) in [5, 5.41) is 7.70. The zero-order chi connectivity index (χ0) is 23.9. The average Bonchev–Trinajstić information content (AvgIpc) is 3.52. The van der Waals surface area contributed by atoms with Crippen LogP contribution in [-0.2, 0) is 16.2 Å². The third-order valence-corrected chi connectivity index (χ3v) is 8.03. The second-order valence-electron chi connectivity index (χ2n) is 8.26. The smallest absolute Gasteiger partial charge is 0.317 e. The summed E-state index contributed by atoms with van der Waals surface area (Å²) in [7, 11) is -4.36. The van der Waals surface area contributed by atoms with Gasteiger partial charge >= 0.3 is 6.18 Å². The topological polar surface area (TPSA) is 85.4 Å². The van der Waals surface area contributed by atoms with Crippen LogP contribution in [0.1, 0.15) is 37.3 Å². The highest BCUT2D eigenvalue weighted by atomic mass is 32.2. The molecule has 178 valence electrons. The van der Waals surface area contributed by atoms with Gasteiger partial charge in [-0.25, -0.2) is 13.4 Å². The Kier molecular flexibility index (Phi) is 5.54. The van der Waals surface area contributed by atoms with Gasteiger partial charge in [0.15, 0.2) is 5.65 Å². The number of anilines is 1. The number of hydrogen-bond donors (Lipinski definition) is 0. The van der Waals surface area contributed by atoms with Crippen LogP contribution in [0.15, 0.2) is 72.5 Å². The monoisotopic (exact) mass is 490 g/mol. The third kappa shape index (κ3) is 4.02. The number of aromatic nitrogens is 5. The van der Waals surface area contributed by atoms with Crippen molar-refractivity contribution in [1.82, 2.24) is 24.1 Å². The second kappa shape index (κ2) is 8.42. The summed E-state index contributed by atoms with van der Waals surface area (Å²) in [6, 6.07) is 6.66. The fourth-order valence-electron chi connectivity index (χ4n) is 4.59. The van der Waals surface area contributed by atoms with Gasteiger partial charge in [0.2, 0.25) is 0 Å². The van der Waals surface area contributed by atoms with Gasteiger partial charge in [-0.3, -0.25) is 4.31 Å². The minimum Gasteiger partial charge on any atom is -0.317 e. The Morgan fingerprint density at radius 2 is 1.82 bits per heavy atom. The van der Waals surface area contributed by atoms with Crippen molar-refractivity contribution in [2.45, 2.75) is 48.8 Å². The lowest BCUT2D eigenvalue weighted by Crippen LogP contribution is -2.43. The molecule has 3 heterocycles. The molecule has 0 saturated heterocycles. The lowest BCUT2D eigenvalue weighted by molar-refractivity contribution is -0.137. The molecule has 34 heavy (non-hydrogen) atoms. The predicted octanol–water partition coefficient (Wildman–Crippen LogP) is 4.32. The minimum absolute atomic E-state index is 0.0348. The first-order valence-corrected chi connectivity index (χ1v) is 12.2. The lowest BCUT2D eigenvalue weighted by atomic mass is 9.90. The zero-order valence-corrected chi connectivity index (χ0v) is 18.7. The van der Waals surface area contributed by atoms with E-state index in [0.717, 1.165) is 25.0 Å². The van der Waals surface area contributed by atoms with Gasteiger partial charge in [0.05, 0.1) is 16.1 Å². The Morgan fingerprint density at radius 1 is 1.03 bits per heavy atom. The number of alkyl halides is 3. The largest absolute Gasteiger partial charge is 0.416 e. The molecule has 1 aromatic carbocycles. The number of pyridine rings is 1. The maximum absolute atomic E-state index is 14.0. The summed E-state index contributed by atoms with van der Waals surface area (Å²) in [5.74, 6) is 0. The molecule has 0 bridgehead atoms. The first kappa shape index (κ1) is 22.4. The van der Waals surface area contributed by atoms with Gasteiger partial charge < -0.3 is 8.97 Å². The van der Waals surface area contributed by atoms with E-state index in [1.54, 1.807) is 47.8 Å². The van der Waals surface area contributed by atoms with Crippen LogP contribution in [0.25, 0.3) is 5.65 Å². The molecule has 1 aliphatic carbocycles. The first-order chi connectivity index (χ1) is 16.2. The number of benzene rings is 1. The number of hydrogen-bond acceptors (Lipinski definition) is 5. The zero-order valence-electron chi connectivity index (χ0n) is 17.9. The highest BCUT2D eigenvalue weighted by Gasteiger charge is 2.38. The van der Waals surface area contributed by atoms with Crippen LogP contribution >= 0.6 is 0 Å². The van der Waals surface area contributed by atoms with E-state index in [2.05, 4.69) is 15.2 Å². The van der Waals surface area contributed by atoms with Crippen LogP contribution in [0, 0.1) is 0 Å². The van der Waals surface area contributed by atoms with E-state index in [4.69, 9.17) is 0 Å². The molecule has 0 N–H and O–H groups in total. The lowest BCUT2D eigenvalue weighted by Gasteiger charge is -2.38. The third-order valence-electron chi connectivity index (χ3n) is 6.16. The van der Waals surface area contributed by atoms with Crippen molar-refractivity contribution in [2.75, 3.05) is 4.31 Å². The average molecular weight is 491 g/mol. The fourth-order valence-corrected chi connectivity index (χ4v) is 6.33. The molecule has 0 radical (unpaired) electrons. The molecule has 0 aliphatic heterocycles. The number of halogens is 3. The summed E-state index contributed by atoms with van der Waals surface area (Å²) < 4.78 is 72.8. The molecule has 0 spiro atoms. The van der Waals surface area contributed by atoms with Gasteiger partial charge in [-0.05, 0) is 56.0 Å². The number of sulfonamides is 1. The van der Waals surface area contributed by atoms with Gasteiger partial charge in [-0.1, -0.05) is 6.07 Å². The van der Waals surface area contributed by atoms with E-state index in [9.17, 15) is 21.6 Å². The van der Waals surface area contributed by atoms with Crippen molar-refractivity contribution in [1.29, 1.82) is 0 Å². The Morgan fingerprint density at radius 3 is 2.59 bits per heavy atom. The van der Waals surface area contributed by atoms with Crippen LogP contribution in [0.4, 0.5) is 18.9 Å². The number of nitrogens with zero attached hydrogens (tertiary/aromatic N) is 6. The van der Waals surface area contributed by atoms with Gasteiger partial charge in [-0.15, -0.1) is 10.2 Å². The molecule has 5 rings (SSSR count). The molecule has 4 aromatic rings. The molecule has 3 aromatic heterocycles. The van der Waals surface area contributed by atoms with E-state index in [1.165, 1.54) is 10.4 Å². The minimum atomic E-state index is -4.66. The number of rotatable bonds is 5. The summed E-state index contributed by atoms with van der Waals surface area (Å²) in [6.45, 7) is 0. The molecule has 12 heteroatoms. The van der Waals surface area contributed by atoms with Crippen molar-refractivity contribution in [3.05, 3.63) is 73.2 Å². The Hall–Kier alpha value is -3.41. The SMILES string of the molecule is O=S(=O)(c1cccc(C(F)(F)F)c1)N(c1cccn2ccnc12)[C@H]1CCC[C@@H](n2cnnc2)C1. The maximum atomic E-state index is 14.0. The number of fused-ring (bicyclic) bond motifs is 1. The van der Waals surface area contributed by atoms with Crippen LogP contribution in [0.5, 0.6) is 0 Å². The van der Waals surface area contributed by atoms with Gasteiger partial charge in [0.1, 0.15) is 12.7 Å². The summed E-state index contributed by atoms with van der Waals surface area (Å²) in [6.07, 6.45) is 6.06. The molecule has 8 nitrogen and oxygen atoms in total. The van der Waals surface area contributed by atoms with Crippen molar-refractivity contribution in [2.24, 2.45) is 0 Å². The van der Waals surface area contributed by atoms with E-state index in [0.29, 0.717) is 30.2 Å². The quantitative estimate of drug-likeness (QED) is 0.416. The van der Waals surface area contributed by atoms with Crippen LogP contribution < -0.4 is 4.31 Å². The van der Waals surface area contributed by atoms with Gasteiger partial charge in [0, 0.05) is 30.7 Å². The normalized spacial score (nSPS) is 19.4. The summed E-state index contributed by atoms with van der Waals surface area (Å²) in [5.41, 5.74) is -0.289. The van der Waals surface area contributed by atoms with Gasteiger partial charge in [0.25, 0.3) is 10.0 Å². The van der Waals surface area contributed by atoms with Crippen molar-refractivity contribution >= 4 is 21.4 Å². The molecule has 2 atom stereocenters. The van der Waals surface area contributed by atoms with E-state index >= 15 is 0 Å². The molecule has 0 amide bonds. The Bertz CT molecular complexity index is 1400. The predicted molar refractivity (Wildman–Crippen MR) is 118 cm³/mol. The molecular formula is C22H21F3N6O2S. The molecule has 1 fully saturated rings. The highest BCUT2D eigenvalue weighted by molar-refractivity contribution is 7.92. The Balaban J connectivity index is 1.64. The molecular weight excluding hydrogens is 469 g/mol. The number of imidazole rings is 1. The van der Waals surface area contributed by atoms with Crippen LogP contribution in [0.3, 0.4) is 0 Å². The highest BCUT2D eigenvalue weighted by Crippen LogP contribution is 2.39. The van der Waals surface area contributed by atoms with E-state index in [1.807, 2.05) is 4.57 Å². The van der Waals surface area contributed by atoms with Crippen LogP contribution in [-0.4, -0.2) is 38.6 Å². The maximum Gasteiger partial charge on any atom is 0.416 e. The standard InChI is InChI=1S/C22H21F3N6O2S/c23-22(24,25)16-4-1-7-19(12-16)34(32,33)31(20-8-3-10-29-11-9-26-21(20)29)18-6-2-5-17(13-18)30-14-27-28-15-30/h1,3-4,7-12,14-15,17-18H,2,5-6,13H2/t17-,18+/m1/s1. The first-order valence-electron chi connectivity index (χ1n) is 10.7. The van der Waals surface area contributed by atoms with Crippen molar-refractivity contribution in [3.8, 4) is 0 Å². The van der Waals surface area contributed by atoms with Crippen LogP contribution in [0.2, 0.25) is 0 Å². The Labute approximate surface area is 193 Å². The summed E-state index contributed by atoms with van der Waals surface area (Å²) >= 11 is 0. The molecule has 0 unspecified atom stereocenters. The van der Waals surface area contributed by atoms with Gasteiger partial charge in [-0.2, -0.15) is 13.2 Å². The molecule has 1 aliphatic rings. The summed E-state index contributed by atoms with van der Waals surface area (Å²) in [4.78, 5) is 3.90. The fraction of sp³-hybridized carbons (Fsp3) is 0.318. The van der Waals surface area contributed by atoms with E-state index < -0.39 is 32.7 Å². The van der Waals surface area contributed by atoms with E-state index in [-0.39, 0.29) is 6.04 Å².